The van der Waals surface area contributed by atoms with Gasteiger partial charge in [0.05, 0.1) is 18.2 Å². The van der Waals surface area contributed by atoms with Crippen molar-refractivity contribution in [3.63, 3.8) is 0 Å². The molecule has 6 heteroatoms. The standard InChI is InChI=1S/C26H22BrNO4/c1-3-32-21-13-12-18(14-16(21)2)24(29)22-23(17-8-5-4-6-9-17)28(26(31)25(22)30)20-11-7-10-19(27)15-20/h4-15,23,29H,3H2,1-2H3/b24-22+. The lowest BCUT2D eigenvalue weighted by atomic mass is 9.94. The van der Waals surface area contributed by atoms with Crippen molar-refractivity contribution in [1.29, 1.82) is 0 Å². The molecule has 1 aliphatic rings. The van der Waals surface area contributed by atoms with Gasteiger partial charge in [0, 0.05) is 15.7 Å². The van der Waals surface area contributed by atoms with Crippen LogP contribution >= 0.6 is 15.9 Å². The number of nitrogens with zero attached hydrogens (tertiary/aromatic N) is 1. The maximum absolute atomic E-state index is 13.2. The van der Waals surface area contributed by atoms with E-state index in [1.807, 2.05) is 50.2 Å². The molecule has 1 amide bonds. The van der Waals surface area contributed by atoms with Crippen molar-refractivity contribution in [1.82, 2.24) is 0 Å². The van der Waals surface area contributed by atoms with Gasteiger partial charge in [-0.2, -0.15) is 0 Å². The third kappa shape index (κ3) is 3.94. The van der Waals surface area contributed by atoms with Gasteiger partial charge in [0.1, 0.15) is 11.5 Å². The van der Waals surface area contributed by atoms with Crippen molar-refractivity contribution in [2.45, 2.75) is 19.9 Å². The number of hydrogen-bond acceptors (Lipinski definition) is 4. The van der Waals surface area contributed by atoms with Gasteiger partial charge in [0.15, 0.2) is 0 Å². The van der Waals surface area contributed by atoms with Crippen LogP contribution in [0.4, 0.5) is 5.69 Å². The second-order valence-corrected chi connectivity index (χ2v) is 8.39. The molecular weight excluding hydrogens is 470 g/mol. The van der Waals surface area contributed by atoms with Crippen LogP contribution in [0.2, 0.25) is 0 Å². The summed E-state index contributed by atoms with van der Waals surface area (Å²) in [6, 6.07) is 20.9. The van der Waals surface area contributed by atoms with Crippen LogP contribution in [-0.2, 0) is 9.59 Å². The Hall–Kier alpha value is -3.38. The molecule has 1 N–H and O–H groups in total. The lowest BCUT2D eigenvalue weighted by Gasteiger charge is -2.25. The molecule has 5 nitrogen and oxygen atoms in total. The number of amides is 1. The maximum Gasteiger partial charge on any atom is 0.300 e. The smallest absolute Gasteiger partial charge is 0.300 e. The highest BCUT2D eigenvalue weighted by atomic mass is 79.9. The molecule has 1 fully saturated rings. The number of rotatable bonds is 5. The first kappa shape index (κ1) is 21.8. The molecule has 0 spiro atoms. The number of benzene rings is 3. The van der Waals surface area contributed by atoms with E-state index in [-0.39, 0.29) is 11.3 Å². The van der Waals surface area contributed by atoms with Gasteiger partial charge in [0.2, 0.25) is 0 Å². The number of ketones is 1. The summed E-state index contributed by atoms with van der Waals surface area (Å²) < 4.78 is 6.36. The minimum atomic E-state index is -0.752. The van der Waals surface area contributed by atoms with E-state index in [1.54, 1.807) is 36.4 Å². The molecule has 0 radical (unpaired) electrons. The van der Waals surface area contributed by atoms with E-state index < -0.39 is 17.7 Å². The molecular formula is C26H22BrNO4. The molecule has 0 aliphatic carbocycles. The number of ether oxygens (including phenoxy) is 1. The fourth-order valence-corrected chi connectivity index (χ4v) is 4.33. The largest absolute Gasteiger partial charge is 0.507 e. The number of aliphatic hydroxyl groups is 1. The topological polar surface area (TPSA) is 66.8 Å². The van der Waals surface area contributed by atoms with Crippen LogP contribution in [0.25, 0.3) is 5.76 Å². The predicted molar refractivity (Wildman–Crippen MR) is 128 cm³/mol. The number of anilines is 1. The molecule has 32 heavy (non-hydrogen) atoms. The average molecular weight is 492 g/mol. The van der Waals surface area contributed by atoms with Gasteiger partial charge >= 0.3 is 0 Å². The number of carbonyl (C=O) groups is 2. The van der Waals surface area contributed by atoms with Crippen molar-refractivity contribution in [2.75, 3.05) is 11.5 Å². The Bertz CT molecular complexity index is 1220. The zero-order chi connectivity index (χ0) is 22.8. The van der Waals surface area contributed by atoms with Gasteiger partial charge in [0.25, 0.3) is 11.7 Å². The van der Waals surface area contributed by atoms with Gasteiger partial charge in [-0.05, 0) is 61.4 Å². The Morgan fingerprint density at radius 1 is 1.03 bits per heavy atom. The molecule has 3 aromatic rings. The fourth-order valence-electron chi connectivity index (χ4n) is 3.95. The molecule has 1 unspecified atom stereocenters. The summed E-state index contributed by atoms with van der Waals surface area (Å²) in [6.07, 6.45) is 0. The van der Waals surface area contributed by atoms with E-state index in [4.69, 9.17) is 4.74 Å². The highest BCUT2D eigenvalue weighted by molar-refractivity contribution is 9.10. The molecule has 4 rings (SSSR count). The second kappa shape index (κ2) is 9.01. The summed E-state index contributed by atoms with van der Waals surface area (Å²) in [4.78, 5) is 27.8. The van der Waals surface area contributed by atoms with Crippen LogP contribution in [0, 0.1) is 6.92 Å². The van der Waals surface area contributed by atoms with Crippen molar-refractivity contribution < 1.29 is 19.4 Å². The summed E-state index contributed by atoms with van der Waals surface area (Å²) in [6.45, 7) is 4.30. The first-order chi connectivity index (χ1) is 15.4. The molecule has 0 aromatic heterocycles. The first-order valence-corrected chi connectivity index (χ1v) is 11.1. The Balaban J connectivity index is 1.90. The fraction of sp³-hybridized carbons (Fsp3) is 0.154. The van der Waals surface area contributed by atoms with Gasteiger partial charge in [-0.3, -0.25) is 14.5 Å². The van der Waals surface area contributed by atoms with Gasteiger partial charge in [-0.15, -0.1) is 0 Å². The van der Waals surface area contributed by atoms with Crippen molar-refractivity contribution >= 4 is 39.1 Å². The van der Waals surface area contributed by atoms with E-state index >= 15 is 0 Å². The maximum atomic E-state index is 13.2. The number of hydrogen-bond donors (Lipinski definition) is 1. The molecule has 1 saturated heterocycles. The van der Waals surface area contributed by atoms with Crippen LogP contribution in [0.15, 0.2) is 82.8 Å². The average Bonchev–Trinajstić information content (AvgIpc) is 3.06. The minimum absolute atomic E-state index is 0.0599. The van der Waals surface area contributed by atoms with E-state index in [1.165, 1.54) is 4.90 Å². The monoisotopic (exact) mass is 491 g/mol. The van der Waals surface area contributed by atoms with E-state index in [2.05, 4.69) is 15.9 Å². The second-order valence-electron chi connectivity index (χ2n) is 7.47. The molecule has 162 valence electrons. The Kier molecular flexibility index (Phi) is 6.15. The number of Topliss-reactive ketones (excluding diaryl/α,β-unsaturated/α-hetero) is 1. The number of aryl methyl sites for hydroxylation is 1. The highest BCUT2D eigenvalue weighted by Gasteiger charge is 2.46. The summed E-state index contributed by atoms with van der Waals surface area (Å²) in [5.41, 5.74) is 2.64. The lowest BCUT2D eigenvalue weighted by Crippen LogP contribution is -2.29. The SMILES string of the molecule is CCOc1ccc(/C(O)=C2\C(=O)C(=O)N(c3cccc(Br)c3)C2c2ccccc2)cc1C. The van der Waals surface area contributed by atoms with Crippen molar-refractivity contribution in [2.24, 2.45) is 0 Å². The molecule has 1 aliphatic heterocycles. The molecule has 0 saturated carbocycles. The van der Waals surface area contributed by atoms with Gasteiger partial charge in [-0.25, -0.2) is 0 Å². The highest BCUT2D eigenvalue weighted by Crippen LogP contribution is 2.42. The van der Waals surface area contributed by atoms with Crippen LogP contribution < -0.4 is 9.64 Å². The van der Waals surface area contributed by atoms with Crippen LogP contribution in [0.3, 0.4) is 0 Å². The quantitative estimate of drug-likeness (QED) is 0.279. The van der Waals surface area contributed by atoms with Gasteiger partial charge < -0.3 is 9.84 Å². The molecule has 1 atom stereocenters. The van der Waals surface area contributed by atoms with Gasteiger partial charge in [-0.1, -0.05) is 52.3 Å². The Morgan fingerprint density at radius 3 is 2.44 bits per heavy atom. The summed E-state index contributed by atoms with van der Waals surface area (Å²) in [7, 11) is 0. The third-order valence-electron chi connectivity index (χ3n) is 5.39. The zero-order valence-electron chi connectivity index (χ0n) is 17.7. The minimum Gasteiger partial charge on any atom is -0.507 e. The van der Waals surface area contributed by atoms with Crippen LogP contribution in [0.5, 0.6) is 5.75 Å². The molecule has 1 heterocycles. The molecule has 0 bridgehead atoms. The lowest BCUT2D eigenvalue weighted by molar-refractivity contribution is -0.132. The summed E-state index contributed by atoms with van der Waals surface area (Å²) in [5.74, 6) is -0.900. The summed E-state index contributed by atoms with van der Waals surface area (Å²) >= 11 is 3.43. The van der Waals surface area contributed by atoms with E-state index in [0.29, 0.717) is 23.6 Å². The van der Waals surface area contributed by atoms with Crippen LogP contribution in [-0.4, -0.2) is 23.4 Å². The number of halogens is 1. The van der Waals surface area contributed by atoms with E-state index in [0.717, 1.165) is 15.6 Å². The number of carbonyl (C=O) groups excluding carboxylic acids is 2. The third-order valence-corrected chi connectivity index (χ3v) is 5.89. The summed E-state index contributed by atoms with van der Waals surface area (Å²) in [5, 5.41) is 11.2. The Morgan fingerprint density at radius 2 is 1.78 bits per heavy atom. The van der Waals surface area contributed by atoms with E-state index in [9.17, 15) is 14.7 Å². The normalized spacial score (nSPS) is 17.6. The predicted octanol–water partition coefficient (Wildman–Crippen LogP) is 5.78. The van der Waals surface area contributed by atoms with Crippen molar-refractivity contribution in [3.05, 3.63) is 99.5 Å². The first-order valence-electron chi connectivity index (χ1n) is 10.3. The Labute approximate surface area is 195 Å². The van der Waals surface area contributed by atoms with Crippen molar-refractivity contribution in [3.8, 4) is 5.75 Å². The zero-order valence-corrected chi connectivity index (χ0v) is 19.3. The number of aliphatic hydroxyl groups excluding tert-OH is 1. The van der Waals surface area contributed by atoms with Crippen LogP contribution in [0.1, 0.15) is 29.7 Å². The molecule has 3 aromatic carbocycles.